The predicted molar refractivity (Wildman–Crippen MR) is 177 cm³/mol. The lowest BCUT2D eigenvalue weighted by Crippen LogP contribution is -2.33. The number of amidine groups is 1. The van der Waals surface area contributed by atoms with Gasteiger partial charge in [0.15, 0.2) is 0 Å². The topological polar surface area (TPSA) is 163 Å². The Kier molecular flexibility index (Phi) is 10.8. The third kappa shape index (κ3) is 8.37. The van der Waals surface area contributed by atoms with Crippen LogP contribution in [0, 0.1) is 5.41 Å². The van der Waals surface area contributed by atoms with Gasteiger partial charge in [-0.15, -0.1) is 23.4 Å². The van der Waals surface area contributed by atoms with Gasteiger partial charge < -0.3 is 25.8 Å². The highest BCUT2D eigenvalue weighted by molar-refractivity contribution is 7.99. The van der Waals surface area contributed by atoms with Gasteiger partial charge in [-0.2, -0.15) is 0 Å². The number of amides is 4. The quantitative estimate of drug-likeness (QED) is 0.0788. The highest BCUT2D eigenvalue weighted by atomic mass is 35.5. The van der Waals surface area contributed by atoms with E-state index in [9.17, 15) is 19.2 Å². The van der Waals surface area contributed by atoms with E-state index in [0.29, 0.717) is 34.2 Å². The lowest BCUT2D eigenvalue weighted by molar-refractivity contribution is 0.101. The molecule has 0 fully saturated rings. The minimum absolute atomic E-state index is 0.0105. The van der Waals surface area contributed by atoms with Crippen molar-refractivity contribution in [3.8, 4) is 0 Å². The third-order valence-electron chi connectivity index (χ3n) is 6.74. The van der Waals surface area contributed by atoms with E-state index in [2.05, 4.69) is 10.6 Å². The monoisotopic (exact) mass is 651 g/mol. The van der Waals surface area contributed by atoms with E-state index in [1.807, 2.05) is 12.1 Å². The van der Waals surface area contributed by atoms with E-state index in [4.69, 9.17) is 22.7 Å². The van der Waals surface area contributed by atoms with E-state index in [1.165, 1.54) is 37.5 Å². The van der Waals surface area contributed by atoms with Crippen LogP contribution < -0.4 is 21.3 Å². The highest BCUT2D eigenvalue weighted by Gasteiger charge is 2.19. The molecule has 45 heavy (non-hydrogen) atoms. The van der Waals surface area contributed by atoms with Crippen molar-refractivity contribution in [1.29, 1.82) is 5.41 Å². The van der Waals surface area contributed by atoms with Crippen LogP contribution in [0.1, 0.15) is 27.3 Å². The Hall–Kier alpha value is -4.95. The largest absolute Gasteiger partial charge is 0.388 e. The molecule has 0 saturated carbocycles. The first-order valence-electron chi connectivity index (χ1n) is 13.8. The van der Waals surface area contributed by atoms with Crippen molar-refractivity contribution >= 4 is 70.1 Å². The van der Waals surface area contributed by atoms with E-state index >= 15 is 0 Å². The zero-order chi connectivity index (χ0) is 32.7. The maximum atomic E-state index is 13.1. The fraction of sp³-hybridized carbons (Fsp3) is 0.233. The average Bonchev–Trinajstić information content (AvgIpc) is 3.78. The number of hydrogen-bond donors (Lipinski definition) is 4. The summed E-state index contributed by atoms with van der Waals surface area (Å²) in [6.45, 7) is 0.289. The molecule has 0 atom stereocenters. The smallest absolute Gasteiger partial charge is 0.332 e. The molecule has 0 unspecified atom stereocenters. The maximum Gasteiger partial charge on any atom is 0.332 e. The van der Waals surface area contributed by atoms with Gasteiger partial charge in [-0.05, 0) is 42.5 Å². The number of thioether (sulfide) groups is 1. The van der Waals surface area contributed by atoms with Crippen molar-refractivity contribution in [2.24, 2.45) is 12.8 Å². The summed E-state index contributed by atoms with van der Waals surface area (Å²) in [6, 6.07) is 11.2. The molecule has 0 aliphatic heterocycles. The lowest BCUT2D eigenvalue weighted by atomic mass is 10.2. The molecule has 13 nitrogen and oxygen atoms in total. The molecule has 15 heteroatoms. The van der Waals surface area contributed by atoms with Gasteiger partial charge in [0.2, 0.25) is 0 Å². The number of rotatable bonds is 11. The predicted octanol–water partition coefficient (Wildman–Crippen LogP) is 4.79. The van der Waals surface area contributed by atoms with E-state index < -0.39 is 11.9 Å². The number of aryl methyl sites for hydroxylation is 1. The zero-order valence-corrected chi connectivity index (χ0v) is 26.6. The van der Waals surface area contributed by atoms with Crippen LogP contribution in [0.3, 0.4) is 0 Å². The van der Waals surface area contributed by atoms with Crippen molar-refractivity contribution in [1.82, 2.24) is 18.6 Å². The van der Waals surface area contributed by atoms with Crippen LogP contribution in [0.5, 0.6) is 0 Å². The molecule has 236 valence electrons. The second kappa shape index (κ2) is 14.7. The van der Waals surface area contributed by atoms with Crippen LogP contribution in [0.25, 0.3) is 0 Å². The van der Waals surface area contributed by atoms with Crippen molar-refractivity contribution in [3.63, 3.8) is 0 Å². The molecule has 0 spiro atoms. The van der Waals surface area contributed by atoms with Crippen molar-refractivity contribution < 1.29 is 19.2 Å². The molecule has 4 amide bonds. The van der Waals surface area contributed by atoms with E-state index in [0.717, 1.165) is 10.6 Å². The molecule has 3 aromatic heterocycles. The number of nitrogens with one attached hydrogen (secondary N) is 3. The minimum atomic E-state index is -0.429. The number of hydrogen-bond acceptors (Lipinski definition) is 6. The van der Waals surface area contributed by atoms with Crippen LogP contribution >= 0.6 is 23.4 Å². The number of carbonyl (C=O) groups is 4. The van der Waals surface area contributed by atoms with Gasteiger partial charge in [0.25, 0.3) is 11.8 Å². The lowest BCUT2D eigenvalue weighted by Gasteiger charge is -2.18. The first-order valence-corrected chi connectivity index (χ1v) is 15.3. The van der Waals surface area contributed by atoms with Crippen LogP contribution in [-0.4, -0.2) is 80.6 Å². The molecule has 0 saturated heterocycles. The number of nitrogens with two attached hydrogens (primary N) is 1. The molecule has 5 N–H and O–H groups in total. The zero-order valence-electron chi connectivity index (χ0n) is 25.0. The Labute approximate surface area is 269 Å². The van der Waals surface area contributed by atoms with Crippen molar-refractivity contribution in [2.75, 3.05) is 47.8 Å². The fourth-order valence-electron chi connectivity index (χ4n) is 4.27. The van der Waals surface area contributed by atoms with Gasteiger partial charge in [-0.3, -0.25) is 29.0 Å². The molecule has 4 rings (SSSR count). The number of anilines is 3. The Bertz CT molecular complexity index is 1710. The maximum absolute atomic E-state index is 13.1. The molecule has 4 aromatic rings. The standard InChI is InChI=1S/C30H34ClN9O4S/c1-36(12-10-26(32)33)29(43)40-14-9-23(19-40)38(3)30(44)39-13-8-21(18-39)34-28(42)25-16-22(17-37(25)2)35-27(41)20-4-6-24(7-5-20)45-15-11-31/h4-9,13-14,16-19H,10-12,15H2,1-3H3,(H3,32,33)(H,34,42)(H,35,41). The fourth-order valence-corrected chi connectivity index (χ4v) is 5.15. The summed E-state index contributed by atoms with van der Waals surface area (Å²) in [4.78, 5) is 55.4. The summed E-state index contributed by atoms with van der Waals surface area (Å²) in [5.74, 6) is 0.579. The number of alkyl halides is 1. The van der Waals surface area contributed by atoms with E-state index in [-0.39, 0.29) is 30.7 Å². The molecule has 0 bridgehead atoms. The Morgan fingerprint density at radius 1 is 0.911 bits per heavy atom. The van der Waals surface area contributed by atoms with Gasteiger partial charge in [0, 0.05) is 87.2 Å². The van der Waals surface area contributed by atoms with Gasteiger partial charge in [-0.1, -0.05) is 0 Å². The van der Waals surface area contributed by atoms with Crippen LogP contribution in [0.15, 0.2) is 78.3 Å². The van der Waals surface area contributed by atoms with Crippen molar-refractivity contribution in [2.45, 2.75) is 11.3 Å². The number of aromatic nitrogens is 3. The average molecular weight is 652 g/mol. The second-order valence-corrected chi connectivity index (χ2v) is 11.6. The summed E-state index contributed by atoms with van der Waals surface area (Å²) < 4.78 is 4.25. The third-order valence-corrected chi connectivity index (χ3v) is 8.17. The van der Waals surface area contributed by atoms with Gasteiger partial charge in [0.1, 0.15) is 5.69 Å². The summed E-state index contributed by atoms with van der Waals surface area (Å²) in [5, 5.41) is 12.9. The van der Waals surface area contributed by atoms with Crippen LogP contribution in [-0.2, 0) is 7.05 Å². The molecular formula is C30H34ClN9O4S. The van der Waals surface area contributed by atoms with Crippen LogP contribution in [0.2, 0.25) is 0 Å². The van der Waals surface area contributed by atoms with Gasteiger partial charge in [-0.25, -0.2) is 9.59 Å². The number of benzene rings is 1. The number of carbonyl (C=O) groups excluding carboxylic acids is 4. The Morgan fingerprint density at radius 3 is 2.27 bits per heavy atom. The molecule has 1 aromatic carbocycles. The highest BCUT2D eigenvalue weighted by Crippen LogP contribution is 2.21. The first kappa shape index (κ1) is 33.0. The first-order chi connectivity index (χ1) is 21.5. The van der Waals surface area contributed by atoms with Gasteiger partial charge >= 0.3 is 12.1 Å². The Morgan fingerprint density at radius 2 is 1.58 bits per heavy atom. The molecule has 0 aliphatic rings. The summed E-state index contributed by atoms with van der Waals surface area (Å²) in [5.41, 5.74) is 7.48. The van der Waals surface area contributed by atoms with Gasteiger partial charge in [0.05, 0.1) is 22.9 Å². The molecular weight excluding hydrogens is 618 g/mol. The Balaban J connectivity index is 1.35. The summed E-state index contributed by atoms with van der Waals surface area (Å²) in [6.07, 6.45) is 7.97. The number of halogens is 1. The number of nitrogens with zero attached hydrogens (tertiary/aromatic N) is 5. The van der Waals surface area contributed by atoms with Crippen LogP contribution in [0.4, 0.5) is 26.7 Å². The van der Waals surface area contributed by atoms with E-state index in [1.54, 1.807) is 80.2 Å². The second-order valence-electron chi connectivity index (χ2n) is 10.1. The SMILES string of the molecule is CN(CCC(=N)N)C(=O)n1ccc(N(C)C(=O)n2ccc(NC(=O)c3cc(NC(=O)c4ccc(SCCCl)cc4)cn3C)c2)c1. The summed E-state index contributed by atoms with van der Waals surface area (Å²) >= 11 is 7.34. The molecule has 0 aliphatic carbocycles. The minimum Gasteiger partial charge on any atom is -0.388 e. The molecule has 0 radical (unpaired) electrons. The molecule has 3 heterocycles. The summed E-state index contributed by atoms with van der Waals surface area (Å²) in [7, 11) is 4.86. The van der Waals surface area contributed by atoms with Crippen molar-refractivity contribution in [3.05, 3.63) is 84.7 Å². The normalized spacial score (nSPS) is 10.8.